The van der Waals surface area contributed by atoms with Crippen molar-refractivity contribution in [1.82, 2.24) is 0 Å². The van der Waals surface area contributed by atoms with Crippen molar-refractivity contribution in [2.45, 2.75) is 19.3 Å². The first kappa shape index (κ1) is 12.2. The van der Waals surface area contributed by atoms with E-state index >= 15 is 0 Å². The zero-order valence-corrected chi connectivity index (χ0v) is 9.40. The second-order valence-electron chi connectivity index (χ2n) is 4.03. The van der Waals surface area contributed by atoms with Gasteiger partial charge in [-0.05, 0) is 19.4 Å². The molecule has 0 bridgehead atoms. The van der Waals surface area contributed by atoms with Gasteiger partial charge in [-0.15, -0.1) is 0 Å². The molecule has 0 aliphatic heterocycles. The van der Waals surface area contributed by atoms with Crippen LogP contribution in [-0.4, -0.2) is 18.5 Å². The number of esters is 1. The van der Waals surface area contributed by atoms with E-state index in [4.69, 9.17) is 10.5 Å². The van der Waals surface area contributed by atoms with Crippen LogP contribution in [0.5, 0.6) is 0 Å². The summed E-state index contributed by atoms with van der Waals surface area (Å²) in [5, 5.41) is 0. The van der Waals surface area contributed by atoms with Crippen molar-refractivity contribution in [1.29, 1.82) is 0 Å². The summed E-state index contributed by atoms with van der Waals surface area (Å²) in [6.07, 6.45) is 0. The van der Waals surface area contributed by atoms with Gasteiger partial charge >= 0.3 is 5.97 Å². The first-order valence-electron chi connectivity index (χ1n) is 4.95. The molecule has 0 fully saturated rings. The lowest BCUT2D eigenvalue weighted by Gasteiger charge is -2.22. The molecule has 2 N–H and O–H groups in total. The van der Waals surface area contributed by atoms with Crippen LogP contribution in [-0.2, 0) is 19.7 Å². The van der Waals surface area contributed by atoms with Crippen LogP contribution in [0.3, 0.4) is 0 Å². The van der Waals surface area contributed by atoms with Crippen LogP contribution < -0.4 is 5.73 Å². The van der Waals surface area contributed by atoms with E-state index in [0.717, 1.165) is 5.56 Å². The molecule has 0 unspecified atom stereocenters. The minimum absolute atomic E-state index is 0.380. The number of nitrogens with two attached hydrogens (primary N) is 1. The van der Waals surface area contributed by atoms with E-state index in [-0.39, 0.29) is 6.61 Å². The van der Waals surface area contributed by atoms with Gasteiger partial charge in [-0.3, -0.25) is 9.59 Å². The van der Waals surface area contributed by atoms with Crippen molar-refractivity contribution in [3.8, 4) is 0 Å². The number of hydrogen-bond donors (Lipinski definition) is 1. The van der Waals surface area contributed by atoms with E-state index < -0.39 is 17.3 Å². The predicted molar refractivity (Wildman–Crippen MR) is 59.6 cm³/mol. The van der Waals surface area contributed by atoms with Gasteiger partial charge in [-0.1, -0.05) is 30.3 Å². The van der Waals surface area contributed by atoms with Crippen molar-refractivity contribution in [3.63, 3.8) is 0 Å². The van der Waals surface area contributed by atoms with Crippen LogP contribution in [0.25, 0.3) is 0 Å². The summed E-state index contributed by atoms with van der Waals surface area (Å²) in [6, 6.07) is 9.24. The molecule has 0 radical (unpaired) electrons. The van der Waals surface area contributed by atoms with E-state index in [9.17, 15) is 9.59 Å². The fourth-order valence-electron chi connectivity index (χ4n) is 1.29. The quantitative estimate of drug-likeness (QED) is 0.771. The molecule has 4 heteroatoms. The molecule has 0 saturated heterocycles. The predicted octanol–water partition coefficient (Wildman–Crippen LogP) is 0.993. The van der Waals surface area contributed by atoms with Crippen LogP contribution in [0.2, 0.25) is 0 Å². The van der Waals surface area contributed by atoms with Crippen molar-refractivity contribution >= 4 is 11.9 Å². The molecule has 86 valence electrons. The highest BCUT2D eigenvalue weighted by Crippen LogP contribution is 2.24. The fourth-order valence-corrected chi connectivity index (χ4v) is 1.29. The molecule has 0 saturated carbocycles. The van der Waals surface area contributed by atoms with Crippen LogP contribution in [0.15, 0.2) is 30.3 Å². The van der Waals surface area contributed by atoms with Crippen molar-refractivity contribution in [3.05, 3.63) is 35.9 Å². The molecule has 16 heavy (non-hydrogen) atoms. The normalized spacial score (nSPS) is 10.9. The largest absolute Gasteiger partial charge is 0.455 e. The van der Waals surface area contributed by atoms with E-state index in [1.807, 2.05) is 30.3 Å². The highest BCUT2D eigenvalue weighted by Gasteiger charge is 2.31. The summed E-state index contributed by atoms with van der Waals surface area (Å²) < 4.78 is 4.81. The summed E-state index contributed by atoms with van der Waals surface area (Å²) in [5.41, 5.74) is 4.96. The molecule has 0 aliphatic carbocycles. The third-order valence-electron chi connectivity index (χ3n) is 2.35. The standard InChI is InChI=1S/C12H15NO3/c1-12(2,9-6-4-3-5-7-9)11(15)16-8-10(13)14/h3-7H,8H2,1-2H3,(H2,13,14). The molecule has 4 nitrogen and oxygen atoms in total. The number of hydrogen-bond acceptors (Lipinski definition) is 3. The van der Waals surface area contributed by atoms with Crippen LogP contribution in [0.1, 0.15) is 19.4 Å². The lowest BCUT2D eigenvalue weighted by molar-refractivity contribution is -0.152. The van der Waals surface area contributed by atoms with Gasteiger partial charge in [0.1, 0.15) is 0 Å². The molecule has 0 aromatic heterocycles. The molecule has 1 aromatic rings. The Bertz CT molecular complexity index is 385. The maximum atomic E-state index is 11.7. The number of rotatable bonds is 4. The summed E-state index contributed by atoms with van der Waals surface area (Å²) >= 11 is 0. The van der Waals surface area contributed by atoms with E-state index in [1.165, 1.54) is 0 Å². The molecule has 1 aromatic carbocycles. The zero-order chi connectivity index (χ0) is 12.2. The van der Waals surface area contributed by atoms with E-state index in [2.05, 4.69) is 0 Å². The Labute approximate surface area is 94.4 Å². The Hall–Kier alpha value is -1.84. The van der Waals surface area contributed by atoms with Gasteiger partial charge in [-0.25, -0.2) is 0 Å². The SMILES string of the molecule is CC(C)(C(=O)OCC(N)=O)c1ccccc1. The second kappa shape index (κ2) is 4.79. The van der Waals surface area contributed by atoms with Gasteiger partial charge in [0.25, 0.3) is 5.91 Å². The van der Waals surface area contributed by atoms with Crippen molar-refractivity contribution < 1.29 is 14.3 Å². The Kier molecular flexibility index (Phi) is 3.66. The summed E-state index contributed by atoms with van der Waals surface area (Å²) in [7, 11) is 0. The maximum Gasteiger partial charge on any atom is 0.316 e. The van der Waals surface area contributed by atoms with Crippen LogP contribution in [0, 0.1) is 0 Å². The zero-order valence-electron chi connectivity index (χ0n) is 9.40. The van der Waals surface area contributed by atoms with Crippen LogP contribution >= 0.6 is 0 Å². The molecular weight excluding hydrogens is 206 g/mol. The third-order valence-corrected chi connectivity index (χ3v) is 2.35. The highest BCUT2D eigenvalue weighted by atomic mass is 16.5. The number of ether oxygens (including phenoxy) is 1. The summed E-state index contributed by atoms with van der Waals surface area (Å²) in [4.78, 5) is 22.3. The number of benzene rings is 1. The first-order chi connectivity index (χ1) is 7.44. The summed E-state index contributed by atoms with van der Waals surface area (Å²) in [5.74, 6) is -1.12. The Morgan fingerprint density at radius 1 is 1.25 bits per heavy atom. The minimum atomic E-state index is -0.781. The van der Waals surface area contributed by atoms with Gasteiger partial charge in [0.2, 0.25) is 0 Å². The molecule has 1 amide bonds. The van der Waals surface area contributed by atoms with Crippen molar-refractivity contribution in [2.24, 2.45) is 5.73 Å². The Morgan fingerprint density at radius 2 is 1.81 bits per heavy atom. The number of carbonyl (C=O) groups is 2. The monoisotopic (exact) mass is 221 g/mol. The highest BCUT2D eigenvalue weighted by molar-refractivity contribution is 5.85. The molecule has 0 heterocycles. The maximum absolute atomic E-state index is 11.7. The fraction of sp³-hybridized carbons (Fsp3) is 0.333. The van der Waals surface area contributed by atoms with Crippen molar-refractivity contribution in [2.75, 3.05) is 6.61 Å². The smallest absolute Gasteiger partial charge is 0.316 e. The third kappa shape index (κ3) is 2.82. The number of primary amides is 1. The molecular formula is C12H15NO3. The van der Waals surface area contributed by atoms with Gasteiger partial charge in [0.05, 0.1) is 5.41 Å². The topological polar surface area (TPSA) is 69.4 Å². The van der Waals surface area contributed by atoms with Gasteiger partial charge in [0.15, 0.2) is 6.61 Å². The molecule has 0 spiro atoms. The Morgan fingerprint density at radius 3 is 2.31 bits per heavy atom. The first-order valence-corrected chi connectivity index (χ1v) is 4.95. The van der Waals surface area contributed by atoms with Gasteiger partial charge in [0, 0.05) is 0 Å². The van der Waals surface area contributed by atoms with E-state index in [0.29, 0.717) is 0 Å². The average molecular weight is 221 g/mol. The number of amides is 1. The average Bonchev–Trinajstić information content (AvgIpc) is 2.27. The Balaban J connectivity index is 2.78. The minimum Gasteiger partial charge on any atom is -0.455 e. The lowest BCUT2D eigenvalue weighted by atomic mass is 9.85. The summed E-state index contributed by atoms with van der Waals surface area (Å²) in [6.45, 7) is 3.10. The second-order valence-corrected chi connectivity index (χ2v) is 4.03. The van der Waals surface area contributed by atoms with Gasteiger partial charge in [-0.2, -0.15) is 0 Å². The van der Waals surface area contributed by atoms with Crippen LogP contribution in [0.4, 0.5) is 0 Å². The van der Waals surface area contributed by atoms with Gasteiger partial charge < -0.3 is 10.5 Å². The molecule has 0 aliphatic rings. The van der Waals surface area contributed by atoms with E-state index in [1.54, 1.807) is 13.8 Å². The molecule has 1 rings (SSSR count). The number of carbonyl (C=O) groups excluding carboxylic acids is 2. The molecule has 0 atom stereocenters. The lowest BCUT2D eigenvalue weighted by Crippen LogP contribution is -2.33.